The number of nitrogens with one attached hydrogen (secondary N) is 1. The van der Waals surface area contributed by atoms with Gasteiger partial charge >= 0.3 is 0 Å². The van der Waals surface area contributed by atoms with Gasteiger partial charge in [0.15, 0.2) is 0 Å². The zero-order valence-corrected chi connectivity index (χ0v) is 12.4. The Labute approximate surface area is 121 Å². The van der Waals surface area contributed by atoms with E-state index in [1.165, 1.54) is 24.0 Å². The standard InChI is InChI=1S/C17H24N2O/c1-12-4-3-5-13(8-12)14-9-16(10-14)18-15-6-7-17(20)19(2)11-15/h3-5,8,14-16,18H,6-7,9-11H2,1-2H3. The summed E-state index contributed by atoms with van der Waals surface area (Å²) in [4.78, 5) is 13.3. The third-order valence-electron chi connectivity index (χ3n) is 4.75. The minimum atomic E-state index is 0.286. The van der Waals surface area contributed by atoms with Gasteiger partial charge in [0.1, 0.15) is 0 Å². The first-order valence-electron chi connectivity index (χ1n) is 7.68. The molecular weight excluding hydrogens is 248 g/mol. The third-order valence-corrected chi connectivity index (χ3v) is 4.75. The third kappa shape index (κ3) is 2.88. The highest BCUT2D eigenvalue weighted by molar-refractivity contribution is 5.76. The molecule has 108 valence electrons. The van der Waals surface area contributed by atoms with Crippen molar-refractivity contribution in [2.75, 3.05) is 13.6 Å². The Morgan fingerprint density at radius 1 is 1.25 bits per heavy atom. The molecule has 1 saturated carbocycles. The molecule has 0 spiro atoms. The van der Waals surface area contributed by atoms with Gasteiger partial charge < -0.3 is 10.2 Å². The zero-order chi connectivity index (χ0) is 14.1. The Bertz CT molecular complexity index is 494. The number of hydrogen-bond acceptors (Lipinski definition) is 2. The second kappa shape index (κ2) is 5.57. The number of rotatable bonds is 3. The van der Waals surface area contributed by atoms with Gasteiger partial charge in [0.2, 0.25) is 5.91 Å². The molecule has 1 heterocycles. The minimum Gasteiger partial charge on any atom is -0.344 e. The number of carbonyl (C=O) groups excluding carboxylic acids is 1. The topological polar surface area (TPSA) is 32.3 Å². The average Bonchev–Trinajstić information content (AvgIpc) is 2.37. The van der Waals surface area contributed by atoms with Gasteiger partial charge in [0.05, 0.1) is 0 Å². The molecule has 1 N–H and O–H groups in total. The van der Waals surface area contributed by atoms with Gasteiger partial charge in [0.25, 0.3) is 0 Å². The van der Waals surface area contributed by atoms with Crippen molar-refractivity contribution in [3.8, 4) is 0 Å². The molecule has 20 heavy (non-hydrogen) atoms. The van der Waals surface area contributed by atoms with Crippen LogP contribution >= 0.6 is 0 Å². The van der Waals surface area contributed by atoms with Crippen LogP contribution in [0.5, 0.6) is 0 Å². The van der Waals surface area contributed by atoms with Crippen molar-refractivity contribution in [2.24, 2.45) is 0 Å². The van der Waals surface area contributed by atoms with E-state index in [-0.39, 0.29) is 5.91 Å². The van der Waals surface area contributed by atoms with Gasteiger partial charge in [-0.25, -0.2) is 0 Å². The Kier molecular flexibility index (Phi) is 3.79. The molecule has 3 rings (SSSR count). The van der Waals surface area contributed by atoms with Crippen molar-refractivity contribution in [2.45, 2.75) is 50.6 Å². The van der Waals surface area contributed by atoms with Crippen LogP contribution < -0.4 is 5.32 Å². The number of amides is 1. The fourth-order valence-corrected chi connectivity index (χ4v) is 3.43. The van der Waals surface area contributed by atoms with Crippen LogP contribution in [0.4, 0.5) is 0 Å². The molecule has 2 aliphatic rings. The Balaban J connectivity index is 1.48. The fraction of sp³-hybridized carbons (Fsp3) is 0.588. The molecule has 3 nitrogen and oxygen atoms in total. The first-order valence-corrected chi connectivity index (χ1v) is 7.68. The second-order valence-electron chi connectivity index (χ2n) is 6.46. The molecule has 0 bridgehead atoms. The number of aryl methyl sites for hydroxylation is 1. The summed E-state index contributed by atoms with van der Waals surface area (Å²) in [5, 5.41) is 3.73. The molecule has 1 saturated heterocycles. The van der Waals surface area contributed by atoms with Gasteiger partial charge in [0, 0.05) is 32.1 Å². The van der Waals surface area contributed by atoms with E-state index >= 15 is 0 Å². The fourth-order valence-electron chi connectivity index (χ4n) is 3.43. The van der Waals surface area contributed by atoms with Crippen molar-refractivity contribution >= 4 is 5.91 Å². The Hall–Kier alpha value is -1.35. The van der Waals surface area contributed by atoms with E-state index in [4.69, 9.17) is 0 Å². The van der Waals surface area contributed by atoms with E-state index in [1.807, 2.05) is 11.9 Å². The summed E-state index contributed by atoms with van der Waals surface area (Å²) >= 11 is 0. The van der Waals surface area contributed by atoms with Crippen LogP contribution in [0, 0.1) is 6.92 Å². The van der Waals surface area contributed by atoms with Crippen LogP contribution in [-0.2, 0) is 4.79 Å². The highest BCUT2D eigenvalue weighted by Crippen LogP contribution is 2.37. The molecule has 0 radical (unpaired) electrons. The van der Waals surface area contributed by atoms with Crippen LogP contribution in [-0.4, -0.2) is 36.5 Å². The van der Waals surface area contributed by atoms with Crippen molar-refractivity contribution in [3.63, 3.8) is 0 Å². The van der Waals surface area contributed by atoms with Gasteiger partial charge in [-0.3, -0.25) is 4.79 Å². The van der Waals surface area contributed by atoms with Crippen LogP contribution in [0.25, 0.3) is 0 Å². The molecule has 1 atom stereocenters. The summed E-state index contributed by atoms with van der Waals surface area (Å²) < 4.78 is 0. The summed E-state index contributed by atoms with van der Waals surface area (Å²) in [6.07, 6.45) is 4.16. The maximum absolute atomic E-state index is 11.5. The van der Waals surface area contributed by atoms with Crippen molar-refractivity contribution in [1.82, 2.24) is 10.2 Å². The molecular formula is C17H24N2O. The SMILES string of the molecule is Cc1cccc(C2CC(NC3CCC(=O)N(C)C3)C2)c1. The first kappa shape index (κ1) is 13.6. The highest BCUT2D eigenvalue weighted by Gasteiger charge is 2.33. The maximum Gasteiger partial charge on any atom is 0.222 e. The average molecular weight is 272 g/mol. The molecule has 1 aromatic carbocycles. The van der Waals surface area contributed by atoms with E-state index in [9.17, 15) is 4.79 Å². The lowest BCUT2D eigenvalue weighted by Gasteiger charge is -2.41. The monoisotopic (exact) mass is 272 g/mol. The second-order valence-corrected chi connectivity index (χ2v) is 6.46. The number of hydrogen-bond donors (Lipinski definition) is 1. The lowest BCUT2D eigenvalue weighted by molar-refractivity contribution is -0.132. The van der Waals surface area contributed by atoms with Gasteiger partial charge in [-0.05, 0) is 37.7 Å². The number of benzene rings is 1. The summed E-state index contributed by atoms with van der Waals surface area (Å²) in [7, 11) is 1.91. The van der Waals surface area contributed by atoms with E-state index in [0.29, 0.717) is 18.5 Å². The molecule has 2 fully saturated rings. The van der Waals surface area contributed by atoms with Crippen LogP contribution in [0.15, 0.2) is 24.3 Å². The maximum atomic E-state index is 11.5. The van der Waals surface area contributed by atoms with Crippen LogP contribution in [0.2, 0.25) is 0 Å². The molecule has 1 aliphatic carbocycles. The van der Waals surface area contributed by atoms with Crippen LogP contribution in [0.1, 0.15) is 42.7 Å². The predicted molar refractivity (Wildman–Crippen MR) is 80.7 cm³/mol. The lowest BCUT2D eigenvalue weighted by Crippen LogP contribution is -2.52. The molecule has 1 amide bonds. The first-order chi connectivity index (χ1) is 9.61. The Morgan fingerprint density at radius 2 is 2.05 bits per heavy atom. The number of likely N-dealkylation sites (N-methyl/N-ethyl adjacent to an activating group) is 1. The van der Waals surface area contributed by atoms with Crippen molar-refractivity contribution < 1.29 is 4.79 Å². The van der Waals surface area contributed by atoms with Gasteiger partial charge in [-0.1, -0.05) is 29.8 Å². The van der Waals surface area contributed by atoms with E-state index < -0.39 is 0 Å². The quantitative estimate of drug-likeness (QED) is 0.916. The van der Waals surface area contributed by atoms with E-state index in [1.54, 1.807) is 0 Å². The number of carbonyl (C=O) groups is 1. The smallest absolute Gasteiger partial charge is 0.222 e. The Morgan fingerprint density at radius 3 is 2.75 bits per heavy atom. The highest BCUT2D eigenvalue weighted by atomic mass is 16.2. The largest absolute Gasteiger partial charge is 0.344 e. The van der Waals surface area contributed by atoms with Gasteiger partial charge in [-0.15, -0.1) is 0 Å². The lowest BCUT2D eigenvalue weighted by atomic mass is 9.75. The molecule has 3 heteroatoms. The predicted octanol–water partition coefficient (Wildman–Crippen LogP) is 2.45. The number of nitrogens with zero attached hydrogens (tertiary/aromatic N) is 1. The minimum absolute atomic E-state index is 0.286. The summed E-state index contributed by atoms with van der Waals surface area (Å²) in [6.45, 7) is 3.03. The molecule has 1 aliphatic heterocycles. The number of piperidine rings is 1. The van der Waals surface area contributed by atoms with E-state index in [2.05, 4.69) is 36.5 Å². The van der Waals surface area contributed by atoms with Gasteiger partial charge in [-0.2, -0.15) is 0 Å². The van der Waals surface area contributed by atoms with Crippen LogP contribution in [0.3, 0.4) is 0 Å². The summed E-state index contributed by atoms with van der Waals surface area (Å²) in [6, 6.07) is 10.0. The summed E-state index contributed by atoms with van der Waals surface area (Å²) in [5.74, 6) is 1.00. The molecule has 1 aromatic rings. The van der Waals surface area contributed by atoms with Crippen molar-refractivity contribution in [1.29, 1.82) is 0 Å². The van der Waals surface area contributed by atoms with E-state index in [0.717, 1.165) is 18.9 Å². The number of likely N-dealkylation sites (tertiary alicyclic amines) is 1. The molecule has 0 aromatic heterocycles. The normalized spacial score (nSPS) is 30.2. The molecule has 1 unspecified atom stereocenters. The zero-order valence-electron chi connectivity index (χ0n) is 12.4. The summed E-state index contributed by atoms with van der Waals surface area (Å²) in [5.41, 5.74) is 2.84. The van der Waals surface area contributed by atoms with Crippen molar-refractivity contribution in [3.05, 3.63) is 35.4 Å².